The molecule has 0 bridgehead atoms. The maximum absolute atomic E-state index is 12.5. The van der Waals surface area contributed by atoms with Crippen molar-refractivity contribution in [2.24, 2.45) is 0 Å². The first kappa shape index (κ1) is 19.6. The summed E-state index contributed by atoms with van der Waals surface area (Å²) in [6.07, 6.45) is -0.907. The molecule has 2 saturated heterocycles. The van der Waals surface area contributed by atoms with E-state index in [0.29, 0.717) is 24.5 Å². The third-order valence-corrected chi connectivity index (χ3v) is 4.63. The van der Waals surface area contributed by atoms with E-state index in [1.807, 2.05) is 6.92 Å². The van der Waals surface area contributed by atoms with Gasteiger partial charge in [-0.2, -0.15) is 0 Å². The van der Waals surface area contributed by atoms with E-state index in [2.05, 4.69) is 15.4 Å². The summed E-state index contributed by atoms with van der Waals surface area (Å²) >= 11 is 0. The van der Waals surface area contributed by atoms with Crippen LogP contribution in [0.3, 0.4) is 0 Å². The van der Waals surface area contributed by atoms with Crippen LogP contribution in [0.5, 0.6) is 0 Å². The van der Waals surface area contributed by atoms with E-state index in [9.17, 15) is 19.2 Å². The van der Waals surface area contributed by atoms with Crippen LogP contribution in [0.1, 0.15) is 5.56 Å². The number of morpholine rings is 1. The molecule has 1 unspecified atom stereocenters. The van der Waals surface area contributed by atoms with Crippen LogP contribution in [-0.2, 0) is 23.9 Å². The van der Waals surface area contributed by atoms with E-state index < -0.39 is 23.9 Å². The molecule has 2 aliphatic heterocycles. The minimum absolute atomic E-state index is 0.0496. The van der Waals surface area contributed by atoms with Gasteiger partial charge in [0.2, 0.25) is 0 Å². The van der Waals surface area contributed by atoms with Gasteiger partial charge in [-0.3, -0.25) is 14.5 Å². The van der Waals surface area contributed by atoms with E-state index in [0.717, 1.165) is 5.56 Å². The van der Waals surface area contributed by atoms with Crippen LogP contribution in [-0.4, -0.2) is 74.7 Å². The molecule has 0 radical (unpaired) electrons. The first-order valence-corrected chi connectivity index (χ1v) is 8.86. The quantitative estimate of drug-likeness (QED) is 0.548. The molecule has 0 aromatic heterocycles. The number of hydrogen-bond donors (Lipinski definition) is 2. The van der Waals surface area contributed by atoms with Gasteiger partial charge in [0, 0.05) is 25.3 Å². The number of carbonyl (C=O) groups excluding carboxylic acids is 4. The number of esters is 1. The topological polar surface area (TPSA) is 117 Å². The summed E-state index contributed by atoms with van der Waals surface area (Å²) in [5.41, 5.74) is 1.93. The first-order valence-electron chi connectivity index (χ1n) is 8.86. The summed E-state index contributed by atoms with van der Waals surface area (Å²) < 4.78 is 9.88. The number of amides is 4. The molecule has 10 nitrogen and oxygen atoms in total. The highest BCUT2D eigenvalue weighted by molar-refractivity contribution is 6.39. The van der Waals surface area contributed by atoms with E-state index in [-0.39, 0.29) is 25.7 Å². The first-order chi connectivity index (χ1) is 13.4. The largest absolute Gasteiger partial charge is 0.467 e. The van der Waals surface area contributed by atoms with E-state index in [4.69, 9.17) is 4.74 Å². The molecule has 1 aromatic carbocycles. The number of urea groups is 1. The SMILES string of the molecule is COC(=O)C1CN(C(=O)C(=O)Nc2ccc(C)c(N3CCNC3=O)c2)CCO1. The minimum atomic E-state index is -0.907. The Kier molecular flexibility index (Phi) is 5.78. The Morgan fingerprint density at radius 3 is 2.75 bits per heavy atom. The average molecular weight is 390 g/mol. The Morgan fingerprint density at radius 2 is 2.07 bits per heavy atom. The summed E-state index contributed by atoms with van der Waals surface area (Å²) in [5, 5.41) is 5.28. The summed E-state index contributed by atoms with van der Waals surface area (Å²) in [6, 6.07) is 4.88. The third kappa shape index (κ3) is 4.06. The van der Waals surface area contributed by atoms with Gasteiger partial charge in [-0.25, -0.2) is 9.59 Å². The Bertz CT molecular complexity index is 811. The number of hydrogen-bond acceptors (Lipinski definition) is 6. The fourth-order valence-electron chi connectivity index (χ4n) is 3.12. The molecule has 0 spiro atoms. The Labute approximate surface area is 161 Å². The molecule has 3 rings (SSSR count). The lowest BCUT2D eigenvalue weighted by Crippen LogP contribution is -2.51. The van der Waals surface area contributed by atoms with Crippen LogP contribution < -0.4 is 15.5 Å². The van der Waals surface area contributed by atoms with Crippen LogP contribution in [0.15, 0.2) is 18.2 Å². The molecule has 1 atom stereocenters. The van der Waals surface area contributed by atoms with E-state index >= 15 is 0 Å². The number of carbonyl (C=O) groups is 4. The van der Waals surface area contributed by atoms with Crippen molar-refractivity contribution in [3.8, 4) is 0 Å². The maximum Gasteiger partial charge on any atom is 0.336 e. The molecule has 2 fully saturated rings. The lowest BCUT2D eigenvalue weighted by Gasteiger charge is -2.30. The predicted molar refractivity (Wildman–Crippen MR) is 98.9 cm³/mol. The van der Waals surface area contributed by atoms with Crippen molar-refractivity contribution >= 4 is 35.2 Å². The highest BCUT2D eigenvalue weighted by Gasteiger charge is 2.32. The van der Waals surface area contributed by atoms with Crippen LogP contribution in [0, 0.1) is 6.92 Å². The molecule has 4 amide bonds. The van der Waals surface area contributed by atoms with Crippen molar-refractivity contribution in [2.75, 3.05) is 50.1 Å². The van der Waals surface area contributed by atoms with Gasteiger partial charge in [-0.05, 0) is 24.6 Å². The molecule has 1 aromatic rings. The molecule has 28 heavy (non-hydrogen) atoms. The van der Waals surface area contributed by atoms with Gasteiger partial charge in [0.25, 0.3) is 0 Å². The zero-order chi connectivity index (χ0) is 20.3. The molecule has 10 heteroatoms. The molecular weight excluding hydrogens is 368 g/mol. The molecule has 0 saturated carbocycles. The molecule has 2 N–H and O–H groups in total. The average Bonchev–Trinajstić information content (AvgIpc) is 3.13. The van der Waals surface area contributed by atoms with Gasteiger partial charge in [0.15, 0.2) is 6.10 Å². The van der Waals surface area contributed by atoms with E-state index in [1.54, 1.807) is 23.1 Å². The number of nitrogens with one attached hydrogen (secondary N) is 2. The van der Waals surface area contributed by atoms with Crippen molar-refractivity contribution in [2.45, 2.75) is 13.0 Å². The summed E-state index contributed by atoms with van der Waals surface area (Å²) in [6.45, 7) is 3.22. The van der Waals surface area contributed by atoms with E-state index in [1.165, 1.54) is 12.0 Å². The normalized spacial score (nSPS) is 19.2. The van der Waals surface area contributed by atoms with Gasteiger partial charge in [-0.15, -0.1) is 0 Å². The van der Waals surface area contributed by atoms with Crippen molar-refractivity contribution in [1.29, 1.82) is 0 Å². The molecule has 2 aliphatic rings. The summed E-state index contributed by atoms with van der Waals surface area (Å²) in [5.74, 6) is -2.19. The van der Waals surface area contributed by atoms with Crippen LogP contribution in [0.4, 0.5) is 16.2 Å². The number of anilines is 2. The van der Waals surface area contributed by atoms with Crippen molar-refractivity contribution in [3.05, 3.63) is 23.8 Å². The Balaban J connectivity index is 1.68. The van der Waals surface area contributed by atoms with Gasteiger partial charge in [0.1, 0.15) is 0 Å². The zero-order valence-corrected chi connectivity index (χ0v) is 15.7. The maximum atomic E-state index is 12.5. The summed E-state index contributed by atoms with van der Waals surface area (Å²) in [4.78, 5) is 51.2. The molecule has 2 heterocycles. The second kappa shape index (κ2) is 8.26. The third-order valence-electron chi connectivity index (χ3n) is 4.63. The zero-order valence-electron chi connectivity index (χ0n) is 15.7. The Hall–Kier alpha value is -3.14. The van der Waals surface area contributed by atoms with Gasteiger partial charge >= 0.3 is 23.8 Å². The molecule has 0 aliphatic carbocycles. The monoisotopic (exact) mass is 390 g/mol. The lowest BCUT2D eigenvalue weighted by molar-refractivity contribution is -0.163. The van der Waals surface area contributed by atoms with Crippen LogP contribution in [0.25, 0.3) is 0 Å². The molecular formula is C18H22N4O6. The number of ether oxygens (including phenoxy) is 2. The highest BCUT2D eigenvalue weighted by atomic mass is 16.6. The minimum Gasteiger partial charge on any atom is -0.467 e. The number of nitrogens with zero attached hydrogens (tertiary/aromatic N) is 2. The van der Waals surface area contributed by atoms with Crippen LogP contribution in [0.2, 0.25) is 0 Å². The number of aryl methyl sites for hydroxylation is 1. The second-order valence-corrected chi connectivity index (χ2v) is 6.47. The summed E-state index contributed by atoms with van der Waals surface area (Å²) in [7, 11) is 1.23. The number of methoxy groups -OCH3 is 1. The van der Waals surface area contributed by atoms with Crippen molar-refractivity contribution in [3.63, 3.8) is 0 Å². The smallest absolute Gasteiger partial charge is 0.336 e. The predicted octanol–water partition coefficient (Wildman–Crippen LogP) is -0.136. The lowest BCUT2D eigenvalue weighted by atomic mass is 10.1. The molecule has 150 valence electrons. The highest BCUT2D eigenvalue weighted by Crippen LogP contribution is 2.25. The van der Waals surface area contributed by atoms with Gasteiger partial charge in [0.05, 0.1) is 25.9 Å². The van der Waals surface area contributed by atoms with Crippen LogP contribution >= 0.6 is 0 Å². The number of benzene rings is 1. The Morgan fingerprint density at radius 1 is 1.29 bits per heavy atom. The fraction of sp³-hybridized carbons (Fsp3) is 0.444. The van der Waals surface area contributed by atoms with Gasteiger partial charge < -0.3 is 25.0 Å². The number of rotatable bonds is 3. The standard InChI is InChI=1S/C18H22N4O6/c1-11-3-4-12(9-13(11)22-6-5-19-18(22)26)20-15(23)16(24)21-7-8-28-14(10-21)17(25)27-2/h3-4,9,14H,5-8,10H2,1-2H3,(H,19,26)(H,20,23). The second-order valence-electron chi connectivity index (χ2n) is 6.47. The fourth-order valence-corrected chi connectivity index (χ4v) is 3.12. The van der Waals surface area contributed by atoms with Gasteiger partial charge in [-0.1, -0.05) is 6.07 Å². The van der Waals surface area contributed by atoms with Crippen molar-refractivity contribution in [1.82, 2.24) is 10.2 Å². The van der Waals surface area contributed by atoms with Crippen molar-refractivity contribution < 1.29 is 28.7 Å².